The number of terminal acetylenes is 1. The van der Waals surface area contributed by atoms with Gasteiger partial charge in [-0.3, -0.25) is 4.79 Å². The molecular weight excluding hydrogens is 495 g/mol. The minimum Gasteiger partial charge on any atom is -0.466 e. The number of furan rings is 1. The van der Waals surface area contributed by atoms with E-state index in [0.29, 0.717) is 35.1 Å². The van der Waals surface area contributed by atoms with Gasteiger partial charge in [0.05, 0.1) is 6.54 Å². The summed E-state index contributed by atoms with van der Waals surface area (Å²) < 4.78 is 5.51. The lowest BCUT2D eigenvalue weighted by Gasteiger charge is -2.24. The van der Waals surface area contributed by atoms with Crippen molar-refractivity contribution >= 4 is 41.5 Å². The second-order valence-electron chi connectivity index (χ2n) is 6.92. The Morgan fingerprint density at radius 2 is 2.03 bits per heavy atom. The van der Waals surface area contributed by atoms with Crippen LogP contribution in [0.4, 0.5) is 5.69 Å². The molecule has 0 radical (unpaired) electrons. The van der Waals surface area contributed by atoms with E-state index in [4.69, 9.17) is 10.8 Å². The number of amides is 1. The quantitative estimate of drug-likeness (QED) is 0.193. The smallest absolute Gasteiger partial charge is 0.246 e. The first-order chi connectivity index (χ1) is 13.7. The lowest BCUT2D eigenvalue weighted by atomic mass is 9.96. The summed E-state index contributed by atoms with van der Waals surface area (Å²) in [5, 5.41) is 19.7. The fourth-order valence-corrected chi connectivity index (χ4v) is 2.90. The topological polar surface area (TPSA) is 98.9 Å². The van der Waals surface area contributed by atoms with Crippen LogP contribution in [0.3, 0.4) is 0 Å². The highest BCUT2D eigenvalue weighted by Gasteiger charge is 2.27. The normalized spacial score (nSPS) is 12.9. The lowest BCUT2D eigenvalue weighted by Crippen LogP contribution is -2.45. The standard InChI is InChI=1S/C22H28N4O3.HI/c1-6-17-9-8-10-18(12-17)26-20(27)13-24-21(23-7-2)25-14-22(5,28)19-11-15(3)29-16(19)4;/h1,8-12,28H,7,13-14H2,2-5H3,(H,26,27)(H2,23,24,25);1H. The fraction of sp³-hybridized carbons (Fsp3) is 0.364. The number of rotatable bonds is 7. The minimum atomic E-state index is -1.16. The summed E-state index contributed by atoms with van der Waals surface area (Å²) in [6, 6.07) is 8.87. The Labute approximate surface area is 194 Å². The van der Waals surface area contributed by atoms with Crippen molar-refractivity contribution in [2.24, 2.45) is 4.99 Å². The zero-order valence-corrected chi connectivity index (χ0v) is 20.0. The summed E-state index contributed by atoms with van der Waals surface area (Å²) >= 11 is 0. The highest BCUT2D eigenvalue weighted by molar-refractivity contribution is 14.0. The van der Waals surface area contributed by atoms with Crippen LogP contribution in [-0.4, -0.2) is 36.6 Å². The predicted molar refractivity (Wildman–Crippen MR) is 130 cm³/mol. The molecule has 4 N–H and O–H groups in total. The second kappa shape index (κ2) is 11.6. The van der Waals surface area contributed by atoms with E-state index >= 15 is 0 Å². The van der Waals surface area contributed by atoms with E-state index in [-0.39, 0.29) is 43.0 Å². The van der Waals surface area contributed by atoms with Crippen LogP contribution in [0.1, 0.15) is 36.5 Å². The fourth-order valence-electron chi connectivity index (χ4n) is 2.90. The summed E-state index contributed by atoms with van der Waals surface area (Å²) in [6.07, 6.45) is 5.37. The van der Waals surface area contributed by atoms with Gasteiger partial charge in [-0.15, -0.1) is 30.4 Å². The van der Waals surface area contributed by atoms with Gasteiger partial charge < -0.3 is 25.5 Å². The van der Waals surface area contributed by atoms with Gasteiger partial charge in [0.25, 0.3) is 0 Å². The van der Waals surface area contributed by atoms with Gasteiger partial charge in [-0.25, -0.2) is 4.99 Å². The maximum Gasteiger partial charge on any atom is 0.246 e. The molecule has 0 saturated carbocycles. The number of hydrogen-bond donors (Lipinski definition) is 4. The average Bonchev–Trinajstić information content (AvgIpc) is 3.03. The Balaban J connectivity index is 0.00000450. The van der Waals surface area contributed by atoms with Crippen LogP contribution in [-0.2, 0) is 10.4 Å². The monoisotopic (exact) mass is 524 g/mol. The molecule has 2 rings (SSSR count). The first-order valence-corrected chi connectivity index (χ1v) is 9.43. The molecule has 1 aromatic heterocycles. The molecule has 0 saturated heterocycles. The Morgan fingerprint density at radius 1 is 1.30 bits per heavy atom. The van der Waals surface area contributed by atoms with Crippen molar-refractivity contribution in [2.45, 2.75) is 33.3 Å². The zero-order valence-electron chi connectivity index (χ0n) is 17.7. The Bertz CT molecular complexity index is 929. The largest absolute Gasteiger partial charge is 0.466 e. The molecule has 0 aliphatic carbocycles. The second-order valence-corrected chi connectivity index (χ2v) is 6.92. The third-order valence-electron chi connectivity index (χ3n) is 4.26. The molecule has 0 fully saturated rings. The van der Waals surface area contributed by atoms with Crippen molar-refractivity contribution in [3.05, 3.63) is 53.0 Å². The first-order valence-electron chi connectivity index (χ1n) is 9.43. The molecule has 1 atom stereocenters. The zero-order chi connectivity index (χ0) is 21.4. The van der Waals surface area contributed by atoms with E-state index in [1.807, 2.05) is 26.8 Å². The van der Waals surface area contributed by atoms with Gasteiger partial charge in [0.15, 0.2) is 5.96 Å². The minimum absolute atomic E-state index is 0. The van der Waals surface area contributed by atoms with Crippen molar-refractivity contribution in [1.82, 2.24) is 10.6 Å². The number of aliphatic imine (C=N–C) groups is 1. The Kier molecular flexibility index (Phi) is 9.89. The molecular formula is C22H29IN4O3. The van der Waals surface area contributed by atoms with Crippen molar-refractivity contribution in [3.8, 4) is 12.3 Å². The molecule has 2 aromatic rings. The third kappa shape index (κ3) is 7.39. The van der Waals surface area contributed by atoms with E-state index in [2.05, 4.69) is 26.9 Å². The number of benzene rings is 1. The number of guanidine groups is 1. The molecule has 1 amide bonds. The van der Waals surface area contributed by atoms with Crippen LogP contribution < -0.4 is 16.0 Å². The molecule has 8 heteroatoms. The summed E-state index contributed by atoms with van der Waals surface area (Å²) in [5.41, 5.74) is 0.862. The van der Waals surface area contributed by atoms with Crippen molar-refractivity contribution in [1.29, 1.82) is 0 Å². The van der Waals surface area contributed by atoms with Crippen LogP contribution in [0.15, 0.2) is 39.7 Å². The number of hydrogen-bond acceptors (Lipinski definition) is 4. The Morgan fingerprint density at radius 3 is 2.63 bits per heavy atom. The maximum atomic E-state index is 12.2. The number of aliphatic hydroxyl groups is 1. The molecule has 1 heterocycles. The maximum absolute atomic E-state index is 12.2. The van der Waals surface area contributed by atoms with Crippen molar-refractivity contribution in [3.63, 3.8) is 0 Å². The van der Waals surface area contributed by atoms with E-state index in [1.54, 1.807) is 31.2 Å². The highest BCUT2D eigenvalue weighted by Crippen LogP contribution is 2.26. The molecule has 7 nitrogen and oxygen atoms in total. The number of aryl methyl sites for hydroxylation is 2. The van der Waals surface area contributed by atoms with Gasteiger partial charge in [-0.1, -0.05) is 12.0 Å². The summed E-state index contributed by atoms with van der Waals surface area (Å²) in [7, 11) is 0. The number of carbonyl (C=O) groups excluding carboxylic acids is 1. The molecule has 162 valence electrons. The number of carbonyl (C=O) groups is 1. The van der Waals surface area contributed by atoms with Crippen molar-refractivity contribution < 1.29 is 14.3 Å². The number of nitrogens with zero attached hydrogens (tertiary/aromatic N) is 1. The van der Waals surface area contributed by atoms with E-state index < -0.39 is 5.60 Å². The van der Waals surface area contributed by atoms with Crippen LogP contribution >= 0.6 is 24.0 Å². The van der Waals surface area contributed by atoms with Crippen LogP contribution in [0.25, 0.3) is 0 Å². The van der Waals surface area contributed by atoms with Gasteiger partial charge in [0.1, 0.15) is 23.7 Å². The lowest BCUT2D eigenvalue weighted by molar-refractivity contribution is -0.114. The number of anilines is 1. The average molecular weight is 524 g/mol. The summed E-state index contributed by atoms with van der Waals surface area (Å²) in [5.74, 6) is 4.09. The SMILES string of the molecule is C#Cc1cccc(NC(=O)CN=C(NCC)NCC(C)(O)c2cc(C)oc2C)c1.I. The summed E-state index contributed by atoms with van der Waals surface area (Å²) in [6.45, 7) is 8.01. The highest BCUT2D eigenvalue weighted by atomic mass is 127. The van der Waals surface area contributed by atoms with E-state index in [9.17, 15) is 9.90 Å². The van der Waals surface area contributed by atoms with Crippen LogP contribution in [0.5, 0.6) is 0 Å². The van der Waals surface area contributed by atoms with Gasteiger partial charge in [-0.2, -0.15) is 0 Å². The molecule has 0 spiro atoms. The number of halogens is 1. The molecule has 0 bridgehead atoms. The number of nitrogens with one attached hydrogen (secondary N) is 3. The summed E-state index contributed by atoms with van der Waals surface area (Å²) in [4.78, 5) is 16.5. The third-order valence-corrected chi connectivity index (χ3v) is 4.26. The molecule has 1 unspecified atom stereocenters. The molecule has 30 heavy (non-hydrogen) atoms. The predicted octanol–water partition coefficient (Wildman–Crippen LogP) is 2.90. The van der Waals surface area contributed by atoms with Crippen molar-refractivity contribution in [2.75, 3.05) is 25.0 Å². The first kappa shape index (κ1) is 25.5. The molecule has 0 aliphatic rings. The molecule has 0 aliphatic heterocycles. The van der Waals surface area contributed by atoms with Crippen LogP contribution in [0.2, 0.25) is 0 Å². The van der Waals surface area contributed by atoms with Crippen LogP contribution in [0, 0.1) is 26.2 Å². The molecule has 1 aromatic carbocycles. The van der Waals surface area contributed by atoms with Gasteiger partial charge in [0, 0.05) is 23.4 Å². The Hall–Kier alpha value is -2.51. The van der Waals surface area contributed by atoms with Gasteiger partial charge in [0.2, 0.25) is 5.91 Å². The van der Waals surface area contributed by atoms with Gasteiger partial charge >= 0.3 is 0 Å². The van der Waals surface area contributed by atoms with E-state index in [0.717, 1.165) is 5.76 Å². The van der Waals surface area contributed by atoms with Gasteiger partial charge in [-0.05, 0) is 52.0 Å². The van der Waals surface area contributed by atoms with E-state index in [1.165, 1.54) is 0 Å².